The minimum Gasteiger partial charge on any atom is -0.466 e. The third-order valence-electron chi connectivity index (χ3n) is 15.2. The second-order valence-corrected chi connectivity index (χ2v) is 22.4. The number of aliphatic hydroxyl groups is 2. The van der Waals surface area contributed by atoms with Crippen LogP contribution in [0.3, 0.4) is 0 Å². The monoisotopic (exact) mass is 1010 g/mol. The van der Waals surface area contributed by atoms with Crippen molar-refractivity contribution < 1.29 is 24.5 Å². The lowest BCUT2D eigenvalue weighted by Crippen LogP contribution is -2.45. The topological polar surface area (TPSA) is 95.9 Å². The second-order valence-electron chi connectivity index (χ2n) is 22.4. The molecule has 426 valence electrons. The minimum atomic E-state index is -0.672. The van der Waals surface area contributed by atoms with Crippen LogP contribution < -0.4 is 5.32 Å². The molecule has 0 aromatic rings. The number of nitrogens with one attached hydrogen (secondary N) is 1. The van der Waals surface area contributed by atoms with Crippen molar-refractivity contribution in [2.75, 3.05) is 13.2 Å². The molecule has 2 atom stereocenters. The first-order valence-corrected chi connectivity index (χ1v) is 32.6. The van der Waals surface area contributed by atoms with Crippen molar-refractivity contribution in [1.82, 2.24) is 5.32 Å². The average molecular weight is 1010 g/mol. The molecule has 0 aliphatic rings. The first-order valence-electron chi connectivity index (χ1n) is 32.6. The molecule has 2 unspecified atom stereocenters. The molecule has 0 saturated carbocycles. The number of allylic oxidation sites excluding steroid dienone is 4. The summed E-state index contributed by atoms with van der Waals surface area (Å²) in [5, 5.41) is 23.4. The Morgan fingerprint density at radius 1 is 0.375 bits per heavy atom. The summed E-state index contributed by atoms with van der Waals surface area (Å²) >= 11 is 0. The van der Waals surface area contributed by atoms with Gasteiger partial charge in [-0.3, -0.25) is 9.59 Å². The van der Waals surface area contributed by atoms with E-state index in [1.807, 2.05) is 0 Å². The Morgan fingerprint density at radius 3 is 1.03 bits per heavy atom. The lowest BCUT2D eigenvalue weighted by Gasteiger charge is -2.22. The molecule has 0 aliphatic carbocycles. The van der Waals surface area contributed by atoms with Crippen LogP contribution in [-0.4, -0.2) is 47.4 Å². The molecule has 0 aromatic carbocycles. The van der Waals surface area contributed by atoms with E-state index in [1.54, 1.807) is 0 Å². The standard InChI is InChI=1S/C66H127NO5/c1-3-5-7-9-11-13-15-16-17-18-19-20-21-22-23-24-26-29-32-35-39-42-46-50-54-58-64(69)63(62-68)67-65(70)59-55-51-47-43-40-36-33-30-27-25-28-31-34-37-41-45-49-53-57-61-72-66(71)60-56-52-48-44-38-14-12-10-8-6-4-2/h10,12,25,27,63-64,68-69H,3-9,11,13-24,26,28-62H2,1-2H3,(H,67,70)/b12-10-,27-25-. The first-order chi connectivity index (χ1) is 35.5. The molecule has 0 aliphatic heterocycles. The van der Waals surface area contributed by atoms with E-state index in [2.05, 4.69) is 43.5 Å². The Bertz CT molecular complexity index is 1120. The van der Waals surface area contributed by atoms with E-state index in [1.165, 1.54) is 283 Å². The lowest BCUT2D eigenvalue weighted by atomic mass is 10.0. The summed E-state index contributed by atoms with van der Waals surface area (Å²) in [5.74, 6) is -0.0472. The van der Waals surface area contributed by atoms with Crippen molar-refractivity contribution in [2.45, 2.75) is 373 Å². The number of hydrogen-bond acceptors (Lipinski definition) is 5. The Morgan fingerprint density at radius 2 is 0.667 bits per heavy atom. The van der Waals surface area contributed by atoms with Gasteiger partial charge in [-0.25, -0.2) is 0 Å². The molecule has 0 fully saturated rings. The van der Waals surface area contributed by atoms with Crippen LogP contribution >= 0.6 is 0 Å². The molecule has 0 radical (unpaired) electrons. The molecular formula is C66H127NO5. The number of unbranched alkanes of at least 4 members (excludes halogenated alkanes) is 46. The van der Waals surface area contributed by atoms with Crippen LogP contribution in [0.4, 0.5) is 0 Å². The molecule has 0 spiro atoms. The molecular weight excluding hydrogens is 887 g/mol. The normalized spacial score (nSPS) is 12.7. The van der Waals surface area contributed by atoms with Gasteiger partial charge in [-0.05, 0) is 70.6 Å². The number of rotatable bonds is 61. The number of ether oxygens (including phenoxy) is 1. The van der Waals surface area contributed by atoms with Gasteiger partial charge in [0, 0.05) is 12.8 Å². The van der Waals surface area contributed by atoms with E-state index in [-0.39, 0.29) is 18.5 Å². The van der Waals surface area contributed by atoms with Gasteiger partial charge in [0.2, 0.25) is 5.91 Å². The van der Waals surface area contributed by atoms with E-state index in [4.69, 9.17) is 4.74 Å². The summed E-state index contributed by atoms with van der Waals surface area (Å²) in [5.41, 5.74) is 0. The zero-order valence-electron chi connectivity index (χ0n) is 48.7. The molecule has 6 nitrogen and oxygen atoms in total. The zero-order chi connectivity index (χ0) is 52.2. The van der Waals surface area contributed by atoms with Crippen LogP contribution in [-0.2, 0) is 14.3 Å². The van der Waals surface area contributed by atoms with Crippen molar-refractivity contribution in [3.63, 3.8) is 0 Å². The van der Waals surface area contributed by atoms with Crippen molar-refractivity contribution in [2.24, 2.45) is 0 Å². The van der Waals surface area contributed by atoms with Gasteiger partial charge in [0.05, 0.1) is 25.4 Å². The van der Waals surface area contributed by atoms with E-state index >= 15 is 0 Å². The summed E-state index contributed by atoms with van der Waals surface area (Å²) in [6.07, 6.45) is 76.3. The number of amides is 1. The number of aliphatic hydroxyl groups excluding tert-OH is 2. The van der Waals surface area contributed by atoms with Gasteiger partial charge < -0.3 is 20.3 Å². The van der Waals surface area contributed by atoms with Crippen molar-refractivity contribution in [3.8, 4) is 0 Å². The first kappa shape index (κ1) is 70.3. The van der Waals surface area contributed by atoms with Gasteiger partial charge in [-0.1, -0.05) is 301 Å². The number of carbonyl (C=O) groups is 2. The molecule has 1 amide bonds. The SMILES string of the molecule is CCCC/C=C\CCCCCCCC(=O)OCCCCCCCCCC/C=C\CCCCCCCCCC(=O)NC(CO)C(O)CCCCCCCCCCCCCCCCCCCCCCCCCCC. The maximum Gasteiger partial charge on any atom is 0.305 e. The zero-order valence-corrected chi connectivity index (χ0v) is 48.7. The Balaban J connectivity index is 3.44. The molecule has 0 saturated heterocycles. The van der Waals surface area contributed by atoms with Crippen LogP contribution in [0.25, 0.3) is 0 Å². The predicted molar refractivity (Wildman–Crippen MR) is 315 cm³/mol. The summed E-state index contributed by atoms with van der Waals surface area (Å²) < 4.78 is 5.45. The smallest absolute Gasteiger partial charge is 0.305 e. The van der Waals surface area contributed by atoms with E-state index in [0.717, 1.165) is 44.9 Å². The molecule has 0 bridgehead atoms. The van der Waals surface area contributed by atoms with Crippen LogP contribution in [0.5, 0.6) is 0 Å². The molecule has 0 aromatic heterocycles. The van der Waals surface area contributed by atoms with Crippen LogP contribution in [0.2, 0.25) is 0 Å². The fourth-order valence-electron chi connectivity index (χ4n) is 10.2. The Labute approximate surface area is 450 Å². The quantitative estimate of drug-likeness (QED) is 0.0320. The molecule has 3 N–H and O–H groups in total. The summed E-state index contributed by atoms with van der Waals surface area (Å²) in [4.78, 5) is 24.5. The number of carbonyl (C=O) groups excluding carboxylic acids is 2. The molecule has 0 heterocycles. The summed E-state index contributed by atoms with van der Waals surface area (Å²) in [6, 6.07) is -0.550. The van der Waals surface area contributed by atoms with E-state index < -0.39 is 12.1 Å². The highest BCUT2D eigenvalue weighted by atomic mass is 16.5. The highest BCUT2D eigenvalue weighted by Gasteiger charge is 2.20. The third-order valence-corrected chi connectivity index (χ3v) is 15.2. The molecule has 0 rings (SSSR count). The molecule has 6 heteroatoms. The predicted octanol–water partition coefficient (Wildman–Crippen LogP) is 20.6. The van der Waals surface area contributed by atoms with Crippen LogP contribution in [0.1, 0.15) is 361 Å². The Kier molecular flexibility index (Phi) is 60.5. The van der Waals surface area contributed by atoms with Crippen LogP contribution in [0, 0.1) is 0 Å². The highest BCUT2D eigenvalue weighted by Crippen LogP contribution is 2.18. The maximum absolute atomic E-state index is 12.5. The van der Waals surface area contributed by atoms with Gasteiger partial charge in [0.1, 0.15) is 0 Å². The van der Waals surface area contributed by atoms with Gasteiger partial charge in [-0.15, -0.1) is 0 Å². The van der Waals surface area contributed by atoms with Crippen LogP contribution in [0.15, 0.2) is 24.3 Å². The van der Waals surface area contributed by atoms with Crippen molar-refractivity contribution in [3.05, 3.63) is 24.3 Å². The summed E-state index contributed by atoms with van der Waals surface area (Å²) in [6.45, 7) is 4.93. The average Bonchev–Trinajstić information content (AvgIpc) is 3.38. The van der Waals surface area contributed by atoms with Gasteiger partial charge in [-0.2, -0.15) is 0 Å². The second kappa shape index (κ2) is 61.9. The summed E-state index contributed by atoms with van der Waals surface area (Å²) in [7, 11) is 0. The van der Waals surface area contributed by atoms with Gasteiger partial charge in [0.15, 0.2) is 0 Å². The highest BCUT2D eigenvalue weighted by molar-refractivity contribution is 5.76. The fourth-order valence-corrected chi connectivity index (χ4v) is 10.2. The van der Waals surface area contributed by atoms with E-state index in [9.17, 15) is 19.8 Å². The lowest BCUT2D eigenvalue weighted by molar-refractivity contribution is -0.143. The van der Waals surface area contributed by atoms with Gasteiger partial charge in [0.25, 0.3) is 0 Å². The number of esters is 1. The third kappa shape index (κ3) is 57.6. The minimum absolute atomic E-state index is 0.00641. The van der Waals surface area contributed by atoms with Crippen molar-refractivity contribution >= 4 is 11.9 Å². The maximum atomic E-state index is 12.5. The van der Waals surface area contributed by atoms with E-state index in [0.29, 0.717) is 25.9 Å². The van der Waals surface area contributed by atoms with Crippen molar-refractivity contribution in [1.29, 1.82) is 0 Å². The largest absolute Gasteiger partial charge is 0.466 e. The van der Waals surface area contributed by atoms with Gasteiger partial charge >= 0.3 is 5.97 Å². The molecule has 72 heavy (non-hydrogen) atoms. The Hall–Kier alpha value is -1.66. The number of hydrogen-bond donors (Lipinski definition) is 3. The fraction of sp³-hybridized carbons (Fsp3) is 0.909.